The van der Waals surface area contributed by atoms with Gasteiger partial charge in [0.15, 0.2) is 0 Å². The highest BCUT2D eigenvalue weighted by Crippen LogP contribution is 2.36. The highest BCUT2D eigenvalue weighted by molar-refractivity contribution is 7.92. The Hall–Kier alpha value is -2.01. The van der Waals surface area contributed by atoms with E-state index in [0.717, 1.165) is 18.5 Å². The first kappa shape index (κ1) is 24.3. The highest BCUT2D eigenvalue weighted by Gasteiger charge is 2.33. The zero-order chi connectivity index (χ0) is 22.7. The second kappa shape index (κ2) is 9.42. The lowest BCUT2D eigenvalue weighted by Gasteiger charge is -2.23. The van der Waals surface area contributed by atoms with E-state index in [1.807, 2.05) is 0 Å². The van der Waals surface area contributed by atoms with Crippen LogP contribution in [0.15, 0.2) is 41.5 Å². The minimum absolute atomic E-state index is 0.258. The van der Waals surface area contributed by atoms with Crippen molar-refractivity contribution < 1.29 is 26.4 Å². The second-order valence-electron chi connectivity index (χ2n) is 5.86. The lowest BCUT2D eigenvalue weighted by molar-refractivity contribution is -0.137. The van der Waals surface area contributed by atoms with E-state index in [2.05, 4.69) is 10.5 Å². The lowest BCUT2D eigenvalue weighted by Crippen LogP contribution is -2.39. The predicted molar refractivity (Wildman–Crippen MR) is 111 cm³/mol. The Balaban J connectivity index is 2.26. The molecular weight excluding hydrogens is 490 g/mol. The molecule has 2 aromatic carbocycles. The van der Waals surface area contributed by atoms with Gasteiger partial charge in [-0.05, 0) is 30.3 Å². The fourth-order valence-corrected chi connectivity index (χ4v) is 3.85. The fraction of sp³-hybridized carbons (Fsp3) is 0.176. The maximum absolute atomic E-state index is 13.0. The molecule has 0 heterocycles. The third-order valence-electron chi connectivity index (χ3n) is 3.61. The predicted octanol–water partition coefficient (Wildman–Crippen LogP) is 4.58. The Bertz CT molecular complexity index is 1070. The van der Waals surface area contributed by atoms with E-state index in [0.29, 0.717) is 22.0 Å². The fourth-order valence-electron chi connectivity index (χ4n) is 2.23. The van der Waals surface area contributed by atoms with E-state index in [-0.39, 0.29) is 15.1 Å². The maximum Gasteiger partial charge on any atom is 0.416 e. The Labute approximate surface area is 185 Å². The van der Waals surface area contributed by atoms with Crippen LogP contribution in [-0.4, -0.2) is 33.3 Å². The van der Waals surface area contributed by atoms with E-state index in [9.17, 15) is 26.4 Å². The van der Waals surface area contributed by atoms with E-state index >= 15 is 0 Å². The van der Waals surface area contributed by atoms with Crippen LogP contribution in [0.25, 0.3) is 0 Å². The molecule has 0 spiro atoms. The second-order valence-corrected chi connectivity index (χ2v) is 8.99. The van der Waals surface area contributed by atoms with Crippen LogP contribution >= 0.6 is 34.8 Å². The normalized spacial score (nSPS) is 12.2. The van der Waals surface area contributed by atoms with Crippen molar-refractivity contribution in [3.8, 4) is 0 Å². The third kappa shape index (κ3) is 6.24. The van der Waals surface area contributed by atoms with Crippen LogP contribution in [0.5, 0.6) is 0 Å². The molecule has 13 heteroatoms. The average Bonchev–Trinajstić information content (AvgIpc) is 2.61. The van der Waals surface area contributed by atoms with Crippen LogP contribution in [0.1, 0.15) is 11.1 Å². The van der Waals surface area contributed by atoms with Crippen LogP contribution < -0.4 is 9.73 Å². The van der Waals surface area contributed by atoms with Crippen molar-refractivity contribution in [1.29, 1.82) is 0 Å². The number of hydrogen-bond donors (Lipinski definition) is 1. The summed E-state index contributed by atoms with van der Waals surface area (Å²) in [6, 6.07) is 6.82. The first-order chi connectivity index (χ1) is 13.8. The molecule has 0 aromatic heterocycles. The van der Waals surface area contributed by atoms with Crippen molar-refractivity contribution in [2.75, 3.05) is 17.1 Å². The highest BCUT2D eigenvalue weighted by atomic mass is 35.5. The van der Waals surface area contributed by atoms with Gasteiger partial charge < -0.3 is 0 Å². The molecule has 0 saturated carbocycles. The zero-order valence-corrected chi connectivity index (χ0v) is 18.1. The lowest BCUT2D eigenvalue weighted by atomic mass is 10.2. The van der Waals surface area contributed by atoms with E-state index in [1.165, 1.54) is 12.1 Å². The van der Waals surface area contributed by atoms with Gasteiger partial charge in [-0.2, -0.15) is 18.3 Å². The first-order valence-electron chi connectivity index (χ1n) is 7.91. The molecule has 6 nitrogen and oxygen atoms in total. The number of nitrogens with one attached hydrogen (secondary N) is 1. The number of halogens is 6. The molecular formula is C17H13Cl3F3N3O3S. The molecule has 0 saturated heterocycles. The topological polar surface area (TPSA) is 78.8 Å². The molecule has 0 radical (unpaired) electrons. The average molecular weight is 503 g/mol. The van der Waals surface area contributed by atoms with E-state index < -0.39 is 39.9 Å². The quantitative estimate of drug-likeness (QED) is 0.464. The van der Waals surface area contributed by atoms with Gasteiger partial charge in [0, 0.05) is 5.56 Å². The number of anilines is 1. The molecule has 2 aromatic rings. The number of hydrazone groups is 1. The molecule has 0 aliphatic heterocycles. The smallest absolute Gasteiger partial charge is 0.271 e. The summed E-state index contributed by atoms with van der Waals surface area (Å²) in [6.07, 6.45) is -2.86. The van der Waals surface area contributed by atoms with Crippen LogP contribution in [0.3, 0.4) is 0 Å². The maximum atomic E-state index is 13.0. The van der Waals surface area contributed by atoms with E-state index in [1.54, 1.807) is 6.07 Å². The molecule has 30 heavy (non-hydrogen) atoms. The molecule has 0 atom stereocenters. The molecule has 0 bridgehead atoms. The Morgan fingerprint density at radius 3 is 2.27 bits per heavy atom. The van der Waals surface area contributed by atoms with Crippen molar-refractivity contribution in [3.05, 3.63) is 62.6 Å². The standard InChI is InChI=1S/C17H13Cl3F3N3O3S/c1-30(28,29)26(15-7-10(17(21,22)23)5-6-14(15)20)9-16(27)25-24-8-11-12(18)3-2-4-13(11)19/h2-8H,9H2,1H3,(H,25,27)/b24-8-. The monoisotopic (exact) mass is 501 g/mol. The van der Waals surface area contributed by atoms with Gasteiger partial charge >= 0.3 is 6.18 Å². The van der Waals surface area contributed by atoms with Gasteiger partial charge in [-0.3, -0.25) is 9.10 Å². The number of nitrogens with zero attached hydrogens (tertiary/aromatic N) is 2. The number of benzene rings is 2. The molecule has 1 N–H and O–H groups in total. The molecule has 1 amide bonds. The van der Waals surface area contributed by atoms with Crippen LogP contribution in [0, 0.1) is 0 Å². The van der Waals surface area contributed by atoms with Gasteiger partial charge in [-0.25, -0.2) is 13.8 Å². The number of sulfonamides is 1. The van der Waals surface area contributed by atoms with Gasteiger partial charge in [-0.15, -0.1) is 0 Å². The Morgan fingerprint density at radius 1 is 1.13 bits per heavy atom. The van der Waals surface area contributed by atoms with Crippen molar-refractivity contribution in [3.63, 3.8) is 0 Å². The van der Waals surface area contributed by atoms with Gasteiger partial charge in [0.2, 0.25) is 10.0 Å². The van der Waals surface area contributed by atoms with Gasteiger partial charge in [-0.1, -0.05) is 40.9 Å². The first-order valence-corrected chi connectivity index (χ1v) is 10.9. The number of rotatable bonds is 6. The Kier molecular flexibility index (Phi) is 7.62. The molecule has 0 unspecified atom stereocenters. The summed E-state index contributed by atoms with van der Waals surface area (Å²) in [5.74, 6) is -0.937. The minimum Gasteiger partial charge on any atom is -0.271 e. The summed E-state index contributed by atoms with van der Waals surface area (Å²) in [6.45, 7) is -0.868. The van der Waals surface area contributed by atoms with Crippen molar-refractivity contribution >= 4 is 62.6 Å². The van der Waals surface area contributed by atoms with Crippen molar-refractivity contribution in [1.82, 2.24) is 5.43 Å². The SMILES string of the molecule is CS(=O)(=O)N(CC(=O)N/N=C\c1c(Cl)cccc1Cl)c1cc(C(F)(F)F)ccc1Cl. The zero-order valence-electron chi connectivity index (χ0n) is 15.0. The number of alkyl halides is 3. The summed E-state index contributed by atoms with van der Waals surface area (Å²) in [5.41, 5.74) is 0.751. The van der Waals surface area contributed by atoms with Gasteiger partial charge in [0.05, 0.1) is 38.8 Å². The summed E-state index contributed by atoms with van der Waals surface area (Å²) in [7, 11) is -4.16. The Morgan fingerprint density at radius 2 is 1.73 bits per heavy atom. The summed E-state index contributed by atoms with van der Waals surface area (Å²) in [4.78, 5) is 12.2. The summed E-state index contributed by atoms with van der Waals surface area (Å²) in [5, 5.41) is 3.88. The summed E-state index contributed by atoms with van der Waals surface area (Å²) >= 11 is 17.8. The van der Waals surface area contributed by atoms with Crippen molar-refractivity contribution in [2.45, 2.75) is 6.18 Å². The molecule has 0 fully saturated rings. The largest absolute Gasteiger partial charge is 0.416 e. The minimum atomic E-state index is -4.73. The number of hydrogen-bond acceptors (Lipinski definition) is 4. The molecule has 0 aliphatic rings. The van der Waals surface area contributed by atoms with Crippen LogP contribution in [-0.2, 0) is 21.0 Å². The molecule has 0 aliphatic carbocycles. The van der Waals surface area contributed by atoms with Gasteiger partial charge in [0.1, 0.15) is 6.54 Å². The number of carbonyl (C=O) groups is 1. The van der Waals surface area contributed by atoms with E-state index in [4.69, 9.17) is 34.8 Å². The number of amides is 1. The van der Waals surface area contributed by atoms with Crippen LogP contribution in [0.2, 0.25) is 15.1 Å². The third-order valence-corrected chi connectivity index (χ3v) is 5.72. The van der Waals surface area contributed by atoms with Crippen LogP contribution in [0.4, 0.5) is 18.9 Å². The number of carbonyl (C=O) groups excluding carboxylic acids is 1. The molecule has 162 valence electrons. The van der Waals surface area contributed by atoms with Crippen molar-refractivity contribution in [2.24, 2.45) is 5.10 Å². The van der Waals surface area contributed by atoms with Gasteiger partial charge in [0.25, 0.3) is 5.91 Å². The summed E-state index contributed by atoms with van der Waals surface area (Å²) < 4.78 is 63.6. The molecule has 2 rings (SSSR count).